The Morgan fingerprint density at radius 1 is 1.12 bits per heavy atom. The van der Waals surface area contributed by atoms with Crippen molar-refractivity contribution in [2.45, 2.75) is 42.5 Å². The molecule has 0 fully saturated rings. The van der Waals surface area contributed by atoms with Crippen LogP contribution in [0, 0.1) is 5.92 Å². The second-order valence-corrected chi connectivity index (χ2v) is 14.0. The molecule has 0 saturated carbocycles. The maximum absolute atomic E-state index is 13.4. The van der Waals surface area contributed by atoms with Crippen LogP contribution in [-0.2, 0) is 45.4 Å². The molecule has 1 aliphatic rings. The summed E-state index contributed by atoms with van der Waals surface area (Å²) in [6, 6.07) is 4.06. The Kier molecular flexibility index (Phi) is 8.77. The predicted octanol–water partition coefficient (Wildman–Crippen LogP) is 0.424. The van der Waals surface area contributed by atoms with Gasteiger partial charge in [-0.3, -0.25) is 9.52 Å². The Balaban J connectivity index is 1.68. The molecule has 4 rings (SSSR count). The Bertz CT molecular complexity index is 1620. The van der Waals surface area contributed by atoms with E-state index in [2.05, 4.69) is 14.7 Å². The minimum absolute atomic E-state index is 0.0525. The molecule has 1 amide bonds. The third kappa shape index (κ3) is 6.72. The molecule has 0 saturated heterocycles. The number of amides is 1. The molecule has 1 aliphatic heterocycles. The van der Waals surface area contributed by atoms with Crippen molar-refractivity contribution in [2.24, 2.45) is 20.0 Å². The van der Waals surface area contributed by atoms with E-state index in [9.17, 15) is 26.7 Å². The van der Waals surface area contributed by atoms with Gasteiger partial charge in [-0.1, -0.05) is 6.92 Å². The number of carbonyl (C=O) groups excluding carboxylic acids is 1. The molecule has 224 valence electrons. The van der Waals surface area contributed by atoms with E-state index in [4.69, 9.17) is 4.74 Å². The zero-order chi connectivity index (χ0) is 30.1. The summed E-state index contributed by atoms with van der Waals surface area (Å²) in [5.74, 6) is -0.316. The van der Waals surface area contributed by atoms with Crippen LogP contribution in [0.25, 0.3) is 0 Å². The number of ether oxygens (including phenoxy) is 1. The van der Waals surface area contributed by atoms with Crippen molar-refractivity contribution < 1.29 is 31.5 Å². The monoisotopic (exact) mass is 609 g/mol. The fourth-order valence-electron chi connectivity index (χ4n) is 4.48. The molecule has 0 unspecified atom stereocenters. The van der Waals surface area contributed by atoms with E-state index in [1.165, 1.54) is 58.3 Å². The number of anilines is 1. The van der Waals surface area contributed by atoms with Gasteiger partial charge >= 0.3 is 0 Å². The van der Waals surface area contributed by atoms with Crippen molar-refractivity contribution in [1.29, 1.82) is 0 Å². The number of aliphatic hydroxyl groups excluding tert-OH is 1. The number of benzene rings is 1. The van der Waals surface area contributed by atoms with Gasteiger partial charge in [-0.15, -0.1) is 0 Å². The number of rotatable bonds is 9. The minimum atomic E-state index is -3.99. The van der Waals surface area contributed by atoms with Crippen LogP contribution in [0.3, 0.4) is 0 Å². The van der Waals surface area contributed by atoms with E-state index in [1.54, 1.807) is 27.1 Å². The molecular formula is C25H35N7O7S2. The summed E-state index contributed by atoms with van der Waals surface area (Å²) in [6.07, 6.45) is 4.71. The van der Waals surface area contributed by atoms with E-state index in [1.807, 2.05) is 6.92 Å². The third-order valence-corrected chi connectivity index (χ3v) is 9.89. The van der Waals surface area contributed by atoms with Gasteiger partial charge in [0.2, 0.25) is 5.91 Å². The Morgan fingerprint density at radius 2 is 1.76 bits per heavy atom. The van der Waals surface area contributed by atoms with Crippen LogP contribution in [0.2, 0.25) is 0 Å². The lowest BCUT2D eigenvalue weighted by atomic mass is 10.0. The van der Waals surface area contributed by atoms with Crippen molar-refractivity contribution in [3.63, 3.8) is 0 Å². The highest BCUT2D eigenvalue weighted by Crippen LogP contribution is 2.30. The van der Waals surface area contributed by atoms with Gasteiger partial charge in [0.25, 0.3) is 20.0 Å². The van der Waals surface area contributed by atoms with E-state index in [0.29, 0.717) is 11.3 Å². The second-order valence-electron chi connectivity index (χ2n) is 10.4. The number of aromatic nitrogens is 4. The quantitative estimate of drug-likeness (QED) is 0.349. The molecule has 3 atom stereocenters. The molecule has 3 aromatic rings. The van der Waals surface area contributed by atoms with Crippen LogP contribution in [0.15, 0.2) is 53.3 Å². The molecule has 14 nitrogen and oxygen atoms in total. The average Bonchev–Trinajstić information content (AvgIpc) is 3.56. The maximum Gasteiger partial charge on any atom is 0.280 e. The summed E-state index contributed by atoms with van der Waals surface area (Å²) < 4.78 is 65.1. The number of nitrogens with zero attached hydrogens (tertiary/aromatic N) is 6. The number of sulfonamides is 2. The molecule has 0 aliphatic carbocycles. The van der Waals surface area contributed by atoms with Gasteiger partial charge in [0.1, 0.15) is 11.9 Å². The summed E-state index contributed by atoms with van der Waals surface area (Å²) in [7, 11) is -3.17. The first-order valence-corrected chi connectivity index (χ1v) is 15.8. The highest BCUT2D eigenvalue weighted by Gasteiger charge is 2.34. The Labute approximate surface area is 239 Å². The zero-order valence-electron chi connectivity index (χ0n) is 23.5. The van der Waals surface area contributed by atoms with Crippen molar-refractivity contribution in [3.05, 3.63) is 48.8 Å². The minimum Gasteiger partial charge on any atom is -0.488 e. The van der Waals surface area contributed by atoms with Crippen LogP contribution in [0.1, 0.15) is 19.4 Å². The summed E-state index contributed by atoms with van der Waals surface area (Å²) in [5.41, 5.74) is 0.604. The predicted molar refractivity (Wildman–Crippen MR) is 149 cm³/mol. The lowest BCUT2D eigenvalue weighted by Crippen LogP contribution is -2.48. The van der Waals surface area contributed by atoms with Crippen LogP contribution in [0.4, 0.5) is 5.69 Å². The van der Waals surface area contributed by atoms with Crippen LogP contribution >= 0.6 is 0 Å². The largest absolute Gasteiger partial charge is 0.488 e. The number of fused-ring (bicyclic) bond motifs is 1. The number of nitrogens with one attached hydrogen (secondary N) is 1. The molecule has 0 radical (unpaired) electrons. The lowest BCUT2D eigenvalue weighted by Gasteiger charge is -2.33. The number of likely N-dealkylation sites (N-methyl/N-ethyl adjacent to an activating group) is 1. The first-order chi connectivity index (χ1) is 19.2. The van der Waals surface area contributed by atoms with E-state index < -0.39 is 32.2 Å². The molecule has 0 bridgehead atoms. The van der Waals surface area contributed by atoms with Crippen molar-refractivity contribution >= 4 is 31.6 Å². The van der Waals surface area contributed by atoms with Gasteiger partial charge in [-0.05, 0) is 25.1 Å². The number of aryl methyl sites for hydroxylation is 2. The zero-order valence-corrected chi connectivity index (χ0v) is 25.1. The van der Waals surface area contributed by atoms with Crippen molar-refractivity contribution in [1.82, 2.24) is 28.3 Å². The molecular weight excluding hydrogens is 574 g/mol. The summed E-state index contributed by atoms with van der Waals surface area (Å²) in [4.78, 5) is 22.8. The van der Waals surface area contributed by atoms with E-state index in [-0.39, 0.29) is 53.7 Å². The number of carbonyl (C=O) groups is 1. The summed E-state index contributed by atoms with van der Waals surface area (Å²) in [5, 5.41) is 9.58. The fourth-order valence-corrected chi connectivity index (χ4v) is 6.65. The van der Waals surface area contributed by atoms with Crippen LogP contribution in [0.5, 0.6) is 5.75 Å². The average molecular weight is 610 g/mol. The van der Waals surface area contributed by atoms with Gasteiger partial charge in [0.05, 0.1) is 38.3 Å². The number of hydrogen-bond donors (Lipinski definition) is 2. The fraction of sp³-hybridized carbons (Fsp3) is 0.480. The van der Waals surface area contributed by atoms with Gasteiger partial charge in [-0.25, -0.2) is 18.4 Å². The highest BCUT2D eigenvalue weighted by atomic mass is 32.2. The number of imidazole rings is 2. The van der Waals surface area contributed by atoms with Crippen molar-refractivity contribution in [3.8, 4) is 5.75 Å². The van der Waals surface area contributed by atoms with Gasteiger partial charge in [0.15, 0.2) is 10.1 Å². The highest BCUT2D eigenvalue weighted by molar-refractivity contribution is 7.92. The maximum atomic E-state index is 13.4. The molecule has 3 heterocycles. The molecule has 2 N–H and O–H groups in total. The molecule has 0 spiro atoms. The molecule has 2 aromatic heterocycles. The van der Waals surface area contributed by atoms with Gasteiger partial charge in [0, 0.05) is 57.3 Å². The van der Waals surface area contributed by atoms with Gasteiger partial charge < -0.3 is 23.9 Å². The first kappa shape index (κ1) is 30.5. The Hall–Kier alpha value is -3.47. The van der Waals surface area contributed by atoms with Gasteiger partial charge in [-0.2, -0.15) is 12.7 Å². The topological polar surface area (TPSA) is 169 Å². The second kappa shape index (κ2) is 11.8. The van der Waals surface area contributed by atoms with Crippen LogP contribution < -0.4 is 9.46 Å². The van der Waals surface area contributed by atoms with Crippen molar-refractivity contribution in [2.75, 3.05) is 31.5 Å². The standard InChI is InChI=1S/C25H35N7O7S2/c1-17-10-32(18(2)14-33)25(34)9-19-8-20(28-40(35,36)23-12-29(3)15-26-23)6-7-21(19)39-22(17)11-31(5)41(37,38)24-13-30(4)16-27-24/h6-8,12-13,15-18,22,28,33H,9-11,14H2,1-5H3/t17-,18-,22+/m0/s1. The normalized spacial score (nSPS) is 19.2. The number of aliphatic hydroxyl groups is 1. The third-order valence-electron chi connectivity index (χ3n) is 6.92. The molecule has 1 aromatic carbocycles. The summed E-state index contributed by atoms with van der Waals surface area (Å²) >= 11 is 0. The number of hydrogen-bond acceptors (Lipinski definition) is 9. The van der Waals surface area contributed by atoms with E-state index >= 15 is 0 Å². The summed E-state index contributed by atoms with van der Waals surface area (Å²) in [6.45, 7) is 3.44. The molecule has 41 heavy (non-hydrogen) atoms. The Morgan fingerprint density at radius 3 is 2.34 bits per heavy atom. The van der Waals surface area contributed by atoms with Crippen LogP contribution in [-0.4, -0.2) is 95.0 Å². The lowest BCUT2D eigenvalue weighted by molar-refractivity contribution is -0.134. The SMILES string of the molecule is C[C@H]1CN([C@@H](C)CO)C(=O)Cc2cc(NS(=O)(=O)c3cn(C)cn3)ccc2O[C@@H]1CN(C)S(=O)(=O)c1cn(C)cn1. The first-order valence-electron chi connectivity index (χ1n) is 12.9. The van der Waals surface area contributed by atoms with E-state index in [0.717, 1.165) is 4.31 Å². The molecule has 16 heteroatoms. The smallest absolute Gasteiger partial charge is 0.280 e.